The predicted molar refractivity (Wildman–Crippen MR) is 117 cm³/mol. The zero-order valence-corrected chi connectivity index (χ0v) is 18.2. The fourth-order valence-corrected chi connectivity index (χ4v) is 4.58. The summed E-state index contributed by atoms with van der Waals surface area (Å²) in [5, 5.41) is 5.92. The van der Waals surface area contributed by atoms with Crippen molar-refractivity contribution in [2.45, 2.75) is 43.9 Å². The maximum Gasteiger partial charge on any atom is 0.325 e. The topological polar surface area (TPSA) is 97.0 Å². The van der Waals surface area contributed by atoms with Crippen LogP contribution in [-0.4, -0.2) is 35.1 Å². The first-order chi connectivity index (χ1) is 15.3. The first kappa shape index (κ1) is 20.6. The molecule has 1 saturated heterocycles. The minimum atomic E-state index is -1.27. The number of halogens is 1. The molecule has 1 spiro atoms. The molecule has 3 aliphatic rings. The Kier molecular flexibility index (Phi) is 4.78. The third-order valence-corrected chi connectivity index (χ3v) is 6.43. The molecule has 2 aromatic rings. The van der Waals surface area contributed by atoms with Gasteiger partial charge in [0.25, 0.3) is 11.7 Å². The van der Waals surface area contributed by atoms with Gasteiger partial charge in [-0.15, -0.1) is 0 Å². The Morgan fingerprint density at radius 1 is 1.09 bits per heavy atom. The number of fused-ring (bicyclic) bond motifs is 1. The van der Waals surface area contributed by atoms with Crippen molar-refractivity contribution in [3.63, 3.8) is 0 Å². The molecular weight excluding hydrogens is 434 g/mol. The van der Waals surface area contributed by atoms with E-state index in [1.54, 1.807) is 49.4 Å². The molecule has 2 N–H and O–H groups in total. The van der Waals surface area contributed by atoms with E-state index >= 15 is 0 Å². The summed E-state index contributed by atoms with van der Waals surface area (Å²) >= 11 is 5.92. The maximum absolute atomic E-state index is 13.0. The molecule has 166 valence electrons. The van der Waals surface area contributed by atoms with Gasteiger partial charge in [-0.25, -0.2) is 4.79 Å². The first-order valence-corrected chi connectivity index (χ1v) is 10.9. The number of ether oxygens (including phenoxy) is 2. The summed E-state index contributed by atoms with van der Waals surface area (Å²) < 4.78 is 12.0. The van der Waals surface area contributed by atoms with E-state index in [4.69, 9.17) is 21.1 Å². The van der Waals surface area contributed by atoms with Gasteiger partial charge in [0.15, 0.2) is 11.5 Å². The molecule has 0 bridgehead atoms. The van der Waals surface area contributed by atoms with Crippen LogP contribution in [-0.2, 0) is 15.1 Å². The molecule has 1 atom stereocenters. The SMILES string of the molecule is CC1(c2ccc(Cl)cc2)NC(=O)N(CC(=O)Nc2ccc3c(c2)OC2(CCCC2)O3)C1=O. The van der Waals surface area contributed by atoms with Gasteiger partial charge in [-0.05, 0) is 49.6 Å². The number of anilines is 1. The van der Waals surface area contributed by atoms with Gasteiger partial charge >= 0.3 is 6.03 Å². The number of rotatable bonds is 4. The van der Waals surface area contributed by atoms with Crippen LogP contribution in [0.3, 0.4) is 0 Å². The van der Waals surface area contributed by atoms with Crippen LogP contribution in [0.5, 0.6) is 11.5 Å². The highest BCUT2D eigenvalue weighted by atomic mass is 35.5. The maximum atomic E-state index is 13.0. The van der Waals surface area contributed by atoms with Crippen LogP contribution >= 0.6 is 11.6 Å². The second kappa shape index (κ2) is 7.41. The molecule has 0 aromatic heterocycles. The summed E-state index contributed by atoms with van der Waals surface area (Å²) in [7, 11) is 0. The quantitative estimate of drug-likeness (QED) is 0.684. The molecular formula is C23H22ClN3O5. The van der Waals surface area contributed by atoms with E-state index < -0.39 is 35.7 Å². The lowest BCUT2D eigenvalue weighted by Crippen LogP contribution is -2.42. The Morgan fingerprint density at radius 3 is 2.50 bits per heavy atom. The molecule has 2 aliphatic heterocycles. The van der Waals surface area contributed by atoms with Gasteiger partial charge in [0.05, 0.1) is 0 Å². The van der Waals surface area contributed by atoms with Gasteiger partial charge < -0.3 is 20.1 Å². The predicted octanol–water partition coefficient (Wildman–Crippen LogP) is 3.79. The second-order valence-corrected chi connectivity index (χ2v) is 8.92. The molecule has 2 fully saturated rings. The van der Waals surface area contributed by atoms with Crippen molar-refractivity contribution in [2.75, 3.05) is 11.9 Å². The monoisotopic (exact) mass is 455 g/mol. The minimum Gasteiger partial charge on any atom is -0.448 e. The van der Waals surface area contributed by atoms with Gasteiger partial charge in [0.2, 0.25) is 5.91 Å². The summed E-state index contributed by atoms with van der Waals surface area (Å²) in [6.07, 6.45) is 3.78. The first-order valence-electron chi connectivity index (χ1n) is 10.5. The average Bonchev–Trinajstić information content (AvgIpc) is 3.42. The minimum absolute atomic E-state index is 0.410. The molecule has 0 radical (unpaired) electrons. The number of amides is 4. The van der Waals surface area contributed by atoms with Crippen molar-refractivity contribution in [1.82, 2.24) is 10.2 Å². The lowest BCUT2D eigenvalue weighted by molar-refractivity contribution is -0.133. The van der Waals surface area contributed by atoms with Crippen LogP contribution in [0.4, 0.5) is 10.5 Å². The number of carbonyl (C=O) groups is 3. The van der Waals surface area contributed by atoms with Crippen LogP contribution < -0.4 is 20.1 Å². The van der Waals surface area contributed by atoms with Gasteiger partial charge in [-0.2, -0.15) is 0 Å². The number of imide groups is 1. The van der Waals surface area contributed by atoms with Crippen LogP contribution in [0.1, 0.15) is 38.2 Å². The van der Waals surface area contributed by atoms with Crippen LogP contribution in [0.25, 0.3) is 0 Å². The Labute approximate surface area is 189 Å². The summed E-state index contributed by atoms with van der Waals surface area (Å²) in [6, 6.07) is 11.2. The van der Waals surface area contributed by atoms with E-state index in [2.05, 4.69) is 10.6 Å². The van der Waals surface area contributed by atoms with Crippen molar-refractivity contribution >= 4 is 35.1 Å². The largest absolute Gasteiger partial charge is 0.448 e. The molecule has 9 heteroatoms. The number of hydrogen-bond acceptors (Lipinski definition) is 5. The van der Waals surface area contributed by atoms with Crippen molar-refractivity contribution in [2.24, 2.45) is 0 Å². The number of nitrogens with zero attached hydrogens (tertiary/aromatic N) is 1. The summed E-state index contributed by atoms with van der Waals surface area (Å²) in [5.74, 6) is -0.359. The number of urea groups is 1. The Hall–Kier alpha value is -3.26. The van der Waals surface area contributed by atoms with E-state index in [1.165, 1.54) is 0 Å². The fraction of sp³-hybridized carbons (Fsp3) is 0.348. The van der Waals surface area contributed by atoms with Gasteiger partial charge in [0, 0.05) is 29.6 Å². The van der Waals surface area contributed by atoms with Crippen molar-refractivity contribution in [3.05, 3.63) is 53.1 Å². The molecule has 1 saturated carbocycles. The van der Waals surface area contributed by atoms with E-state index in [9.17, 15) is 14.4 Å². The Balaban J connectivity index is 1.26. The molecule has 1 aliphatic carbocycles. The van der Waals surface area contributed by atoms with E-state index in [-0.39, 0.29) is 0 Å². The van der Waals surface area contributed by atoms with Crippen molar-refractivity contribution < 1.29 is 23.9 Å². The number of benzene rings is 2. The Morgan fingerprint density at radius 2 is 1.78 bits per heavy atom. The molecule has 8 nitrogen and oxygen atoms in total. The zero-order chi connectivity index (χ0) is 22.5. The van der Waals surface area contributed by atoms with Crippen LogP contribution in [0, 0.1) is 0 Å². The summed E-state index contributed by atoms with van der Waals surface area (Å²) in [4.78, 5) is 39.0. The number of nitrogens with one attached hydrogen (secondary N) is 2. The highest BCUT2D eigenvalue weighted by molar-refractivity contribution is 6.30. The van der Waals surface area contributed by atoms with E-state index in [0.717, 1.165) is 30.6 Å². The second-order valence-electron chi connectivity index (χ2n) is 8.48. The molecule has 1 unspecified atom stereocenters. The molecule has 2 aromatic carbocycles. The molecule has 4 amide bonds. The van der Waals surface area contributed by atoms with Crippen molar-refractivity contribution in [3.8, 4) is 11.5 Å². The standard InChI is InChI=1S/C23H22ClN3O5/c1-22(14-4-6-15(24)7-5-14)20(29)27(21(30)26-22)13-19(28)25-16-8-9-17-18(12-16)32-23(31-17)10-2-3-11-23/h4-9,12H,2-3,10-11,13H2,1H3,(H,25,28)(H,26,30). The summed E-state index contributed by atoms with van der Waals surface area (Å²) in [5.41, 5.74) is -0.185. The van der Waals surface area contributed by atoms with Crippen LogP contribution in [0.2, 0.25) is 5.02 Å². The molecule has 32 heavy (non-hydrogen) atoms. The summed E-state index contributed by atoms with van der Waals surface area (Å²) in [6.45, 7) is 1.19. The number of hydrogen-bond donors (Lipinski definition) is 2. The smallest absolute Gasteiger partial charge is 0.325 e. The normalized spacial score (nSPS) is 23.0. The average molecular weight is 456 g/mol. The van der Waals surface area contributed by atoms with Gasteiger partial charge in [0.1, 0.15) is 12.1 Å². The van der Waals surface area contributed by atoms with E-state index in [1.807, 2.05) is 0 Å². The van der Waals surface area contributed by atoms with Crippen LogP contribution in [0.15, 0.2) is 42.5 Å². The lowest BCUT2D eigenvalue weighted by Gasteiger charge is -2.22. The number of carbonyl (C=O) groups excluding carboxylic acids is 3. The fourth-order valence-electron chi connectivity index (χ4n) is 4.45. The molecule has 5 rings (SSSR count). The Bertz CT molecular complexity index is 1110. The van der Waals surface area contributed by atoms with Gasteiger partial charge in [-0.3, -0.25) is 14.5 Å². The van der Waals surface area contributed by atoms with Gasteiger partial charge in [-0.1, -0.05) is 23.7 Å². The van der Waals surface area contributed by atoms with E-state index in [0.29, 0.717) is 27.8 Å². The van der Waals surface area contributed by atoms with Crippen molar-refractivity contribution in [1.29, 1.82) is 0 Å². The third kappa shape index (κ3) is 3.44. The highest BCUT2D eigenvalue weighted by Gasteiger charge is 2.49. The third-order valence-electron chi connectivity index (χ3n) is 6.18. The molecule has 2 heterocycles. The lowest BCUT2D eigenvalue weighted by atomic mass is 9.92. The highest BCUT2D eigenvalue weighted by Crippen LogP contribution is 2.47. The zero-order valence-electron chi connectivity index (χ0n) is 17.4.